The summed E-state index contributed by atoms with van der Waals surface area (Å²) in [4.78, 5) is 12.4. The molecule has 3 heteroatoms. The second kappa shape index (κ2) is 8.02. The minimum Gasteiger partial charge on any atom is -0.490 e. The van der Waals surface area contributed by atoms with Gasteiger partial charge in [-0.1, -0.05) is 57.7 Å². The Morgan fingerprint density at radius 1 is 1.12 bits per heavy atom. The highest BCUT2D eigenvalue weighted by molar-refractivity contribution is 5.94. The molecule has 0 saturated heterocycles. The SMILES string of the molecule is C=CCOc1ccc(C(=O)NC(C)c2ccc(C(C)(C)C)cc2)cc1. The lowest BCUT2D eigenvalue weighted by molar-refractivity contribution is 0.0940. The van der Waals surface area contributed by atoms with E-state index in [4.69, 9.17) is 4.74 Å². The molecule has 0 fully saturated rings. The maximum atomic E-state index is 12.4. The number of benzene rings is 2. The van der Waals surface area contributed by atoms with Crippen LogP contribution in [0, 0.1) is 0 Å². The van der Waals surface area contributed by atoms with E-state index in [1.807, 2.05) is 6.92 Å². The molecule has 2 aromatic rings. The molecule has 0 aliphatic heterocycles. The molecule has 1 unspecified atom stereocenters. The molecular formula is C22H27NO2. The standard InChI is InChI=1S/C22H27NO2/c1-6-15-25-20-13-9-18(10-14-20)21(24)23-16(2)17-7-11-19(12-8-17)22(3,4)5/h6-14,16H,1,15H2,2-5H3,(H,23,24). The van der Waals surface area contributed by atoms with E-state index < -0.39 is 0 Å². The molecule has 0 radical (unpaired) electrons. The Balaban J connectivity index is 2.00. The van der Waals surface area contributed by atoms with Crippen LogP contribution < -0.4 is 10.1 Å². The average molecular weight is 337 g/mol. The van der Waals surface area contributed by atoms with E-state index in [1.54, 1.807) is 30.3 Å². The Morgan fingerprint density at radius 3 is 2.24 bits per heavy atom. The molecule has 3 nitrogen and oxygen atoms in total. The van der Waals surface area contributed by atoms with Gasteiger partial charge in [0, 0.05) is 5.56 Å². The fourth-order valence-electron chi connectivity index (χ4n) is 2.49. The molecule has 0 spiro atoms. The number of hydrogen-bond donors (Lipinski definition) is 1. The lowest BCUT2D eigenvalue weighted by Gasteiger charge is -2.20. The zero-order chi connectivity index (χ0) is 18.4. The molecule has 0 bridgehead atoms. The van der Waals surface area contributed by atoms with Crippen molar-refractivity contribution in [2.24, 2.45) is 0 Å². The van der Waals surface area contributed by atoms with Crippen LogP contribution in [0.5, 0.6) is 5.75 Å². The maximum absolute atomic E-state index is 12.4. The maximum Gasteiger partial charge on any atom is 0.251 e. The smallest absolute Gasteiger partial charge is 0.251 e. The van der Waals surface area contributed by atoms with Crippen LogP contribution in [0.15, 0.2) is 61.2 Å². The van der Waals surface area contributed by atoms with Crippen molar-refractivity contribution in [1.82, 2.24) is 5.32 Å². The van der Waals surface area contributed by atoms with Crippen molar-refractivity contribution in [3.63, 3.8) is 0 Å². The van der Waals surface area contributed by atoms with Gasteiger partial charge in [-0.2, -0.15) is 0 Å². The van der Waals surface area contributed by atoms with Crippen LogP contribution >= 0.6 is 0 Å². The summed E-state index contributed by atoms with van der Waals surface area (Å²) in [6.45, 7) is 12.6. The third-order valence-corrected chi connectivity index (χ3v) is 4.11. The Hall–Kier alpha value is -2.55. The molecule has 0 aromatic heterocycles. The van der Waals surface area contributed by atoms with Gasteiger partial charge in [0.15, 0.2) is 0 Å². The third kappa shape index (κ3) is 5.21. The quantitative estimate of drug-likeness (QED) is 0.750. The minimum atomic E-state index is -0.0948. The molecule has 0 aliphatic rings. The lowest BCUT2D eigenvalue weighted by Crippen LogP contribution is -2.26. The van der Waals surface area contributed by atoms with Crippen LogP contribution in [0.1, 0.15) is 55.2 Å². The highest BCUT2D eigenvalue weighted by atomic mass is 16.5. The van der Waals surface area contributed by atoms with Crippen LogP contribution in [0.4, 0.5) is 0 Å². The number of ether oxygens (including phenoxy) is 1. The summed E-state index contributed by atoms with van der Waals surface area (Å²) in [5, 5.41) is 3.04. The topological polar surface area (TPSA) is 38.3 Å². The molecule has 25 heavy (non-hydrogen) atoms. The van der Waals surface area contributed by atoms with Gasteiger partial charge in [0.2, 0.25) is 0 Å². The first-order chi connectivity index (χ1) is 11.8. The number of carbonyl (C=O) groups excluding carboxylic acids is 1. The van der Waals surface area contributed by atoms with Gasteiger partial charge < -0.3 is 10.1 Å². The van der Waals surface area contributed by atoms with Gasteiger partial charge in [-0.25, -0.2) is 0 Å². The molecule has 132 valence electrons. The van der Waals surface area contributed by atoms with Crippen LogP contribution in [0.2, 0.25) is 0 Å². The van der Waals surface area contributed by atoms with Crippen LogP contribution in [0.3, 0.4) is 0 Å². The Morgan fingerprint density at radius 2 is 1.72 bits per heavy atom. The summed E-state index contributed by atoms with van der Waals surface area (Å²) in [6.07, 6.45) is 1.69. The average Bonchev–Trinajstić information content (AvgIpc) is 2.59. The van der Waals surface area contributed by atoms with Crippen molar-refractivity contribution in [3.05, 3.63) is 77.9 Å². The van der Waals surface area contributed by atoms with Gasteiger partial charge >= 0.3 is 0 Å². The van der Waals surface area contributed by atoms with Crippen molar-refractivity contribution >= 4 is 5.91 Å². The lowest BCUT2D eigenvalue weighted by atomic mass is 9.86. The summed E-state index contributed by atoms with van der Waals surface area (Å²) in [7, 11) is 0. The first-order valence-electron chi connectivity index (χ1n) is 8.56. The predicted octanol–water partition coefficient (Wildman–Crippen LogP) is 5.04. The third-order valence-electron chi connectivity index (χ3n) is 4.11. The molecule has 2 aromatic carbocycles. The summed E-state index contributed by atoms with van der Waals surface area (Å²) >= 11 is 0. The first-order valence-corrected chi connectivity index (χ1v) is 8.56. The van der Waals surface area contributed by atoms with Crippen molar-refractivity contribution < 1.29 is 9.53 Å². The van der Waals surface area contributed by atoms with Gasteiger partial charge in [-0.15, -0.1) is 0 Å². The Kier molecular flexibility index (Phi) is 6.02. The number of carbonyl (C=O) groups is 1. The highest BCUT2D eigenvalue weighted by Crippen LogP contribution is 2.24. The van der Waals surface area contributed by atoms with E-state index in [-0.39, 0.29) is 17.4 Å². The monoisotopic (exact) mass is 337 g/mol. The number of nitrogens with one attached hydrogen (secondary N) is 1. The van der Waals surface area contributed by atoms with E-state index in [0.29, 0.717) is 12.2 Å². The van der Waals surface area contributed by atoms with E-state index in [0.717, 1.165) is 11.3 Å². The van der Waals surface area contributed by atoms with E-state index in [1.165, 1.54) is 5.56 Å². The number of hydrogen-bond acceptors (Lipinski definition) is 2. The Bertz CT molecular complexity index is 709. The van der Waals surface area contributed by atoms with Gasteiger partial charge in [0.05, 0.1) is 6.04 Å². The van der Waals surface area contributed by atoms with Crippen LogP contribution in [-0.4, -0.2) is 12.5 Å². The largest absolute Gasteiger partial charge is 0.490 e. The van der Waals surface area contributed by atoms with Gasteiger partial charge in [0.1, 0.15) is 12.4 Å². The molecule has 1 atom stereocenters. The van der Waals surface area contributed by atoms with E-state index in [2.05, 4.69) is 56.9 Å². The second-order valence-corrected chi connectivity index (χ2v) is 7.19. The summed E-state index contributed by atoms with van der Waals surface area (Å²) < 4.78 is 5.43. The molecule has 2 rings (SSSR count). The predicted molar refractivity (Wildman–Crippen MR) is 103 cm³/mol. The summed E-state index contributed by atoms with van der Waals surface area (Å²) in [6, 6.07) is 15.5. The number of rotatable bonds is 6. The molecular weight excluding hydrogens is 310 g/mol. The van der Waals surface area contributed by atoms with Crippen molar-refractivity contribution in [3.8, 4) is 5.75 Å². The van der Waals surface area contributed by atoms with Crippen molar-refractivity contribution in [2.75, 3.05) is 6.61 Å². The summed E-state index contributed by atoms with van der Waals surface area (Å²) in [5.74, 6) is 0.630. The summed E-state index contributed by atoms with van der Waals surface area (Å²) in [5.41, 5.74) is 3.11. The zero-order valence-electron chi connectivity index (χ0n) is 15.5. The second-order valence-electron chi connectivity index (χ2n) is 7.19. The van der Waals surface area contributed by atoms with E-state index in [9.17, 15) is 4.79 Å². The van der Waals surface area contributed by atoms with Crippen LogP contribution in [0.25, 0.3) is 0 Å². The molecule has 0 saturated carbocycles. The van der Waals surface area contributed by atoms with Crippen molar-refractivity contribution in [1.29, 1.82) is 0 Å². The van der Waals surface area contributed by atoms with Crippen LogP contribution in [-0.2, 0) is 5.41 Å². The highest BCUT2D eigenvalue weighted by Gasteiger charge is 2.15. The fraction of sp³-hybridized carbons (Fsp3) is 0.318. The fourth-order valence-corrected chi connectivity index (χ4v) is 2.49. The van der Waals surface area contributed by atoms with Gasteiger partial charge in [0.25, 0.3) is 5.91 Å². The first kappa shape index (κ1) is 18.8. The van der Waals surface area contributed by atoms with Gasteiger partial charge in [-0.05, 0) is 47.7 Å². The normalized spacial score (nSPS) is 12.3. The number of amides is 1. The molecule has 1 N–H and O–H groups in total. The molecule has 0 aliphatic carbocycles. The molecule has 1 amide bonds. The van der Waals surface area contributed by atoms with Crippen molar-refractivity contribution in [2.45, 2.75) is 39.2 Å². The van der Waals surface area contributed by atoms with E-state index >= 15 is 0 Å². The molecule has 0 heterocycles. The Labute approximate surface area is 150 Å². The van der Waals surface area contributed by atoms with Gasteiger partial charge in [-0.3, -0.25) is 4.79 Å². The zero-order valence-corrected chi connectivity index (χ0v) is 15.5. The minimum absolute atomic E-state index is 0.0572.